The molecule has 7 saturated carbocycles. The Morgan fingerprint density at radius 1 is 1.00 bits per heavy atom. The van der Waals surface area contributed by atoms with Crippen molar-refractivity contribution in [3.8, 4) is 11.5 Å². The first-order valence-electron chi connectivity index (χ1n) is 15.6. The van der Waals surface area contributed by atoms with Crippen molar-refractivity contribution in [1.29, 1.82) is 0 Å². The van der Waals surface area contributed by atoms with Crippen molar-refractivity contribution in [3.63, 3.8) is 0 Å². The molecule has 4 bridgehead atoms. The predicted molar refractivity (Wildman–Crippen MR) is 148 cm³/mol. The van der Waals surface area contributed by atoms with E-state index in [0.29, 0.717) is 56.7 Å². The molecule has 42 heavy (non-hydrogen) atoms. The van der Waals surface area contributed by atoms with Gasteiger partial charge in [-0.2, -0.15) is 9.97 Å². The Morgan fingerprint density at radius 2 is 1.74 bits per heavy atom. The average Bonchev–Trinajstić information content (AvgIpc) is 3.47. The quantitative estimate of drug-likeness (QED) is 0.333. The number of halogens is 1. The molecule has 0 spiro atoms. The van der Waals surface area contributed by atoms with Gasteiger partial charge in [0.15, 0.2) is 11.6 Å². The molecule has 8 fully saturated rings. The molecule has 0 unspecified atom stereocenters. The maximum absolute atomic E-state index is 14.6. The van der Waals surface area contributed by atoms with Crippen LogP contribution >= 0.6 is 0 Å². The number of hydrogen-bond donors (Lipinski definition) is 0. The lowest BCUT2D eigenvalue weighted by Crippen LogP contribution is -2.71. The summed E-state index contributed by atoms with van der Waals surface area (Å²) >= 11 is 0. The molecule has 1 aromatic carbocycles. The molecule has 0 N–H and O–H groups in total. The number of fused-ring (bicyclic) bond motifs is 3. The van der Waals surface area contributed by atoms with Crippen LogP contribution in [0.2, 0.25) is 0 Å². The average molecular weight is 574 g/mol. The fourth-order valence-corrected chi connectivity index (χ4v) is 8.51. The summed E-state index contributed by atoms with van der Waals surface area (Å²) in [7, 11) is 0. The van der Waals surface area contributed by atoms with Gasteiger partial charge in [-0.25, -0.2) is 4.39 Å². The first-order chi connectivity index (χ1) is 20.2. The van der Waals surface area contributed by atoms with Crippen molar-refractivity contribution in [2.45, 2.75) is 100.0 Å². The summed E-state index contributed by atoms with van der Waals surface area (Å²) in [6.45, 7) is 3.99. The molecule has 8 aliphatic rings. The van der Waals surface area contributed by atoms with Crippen LogP contribution in [0.4, 0.5) is 10.1 Å². The summed E-state index contributed by atoms with van der Waals surface area (Å²) in [5, 5.41) is 8.66. The van der Waals surface area contributed by atoms with Crippen LogP contribution in [0.25, 0.3) is 11.5 Å². The monoisotopic (exact) mass is 573 g/mol. The summed E-state index contributed by atoms with van der Waals surface area (Å²) < 4.78 is 31.3. The zero-order valence-corrected chi connectivity index (χ0v) is 24.0. The van der Waals surface area contributed by atoms with E-state index in [0.717, 1.165) is 74.3 Å². The molecule has 1 saturated heterocycles. The number of aromatic nitrogens is 4. The fourth-order valence-electron chi connectivity index (χ4n) is 8.51. The second kappa shape index (κ2) is 8.27. The van der Waals surface area contributed by atoms with Gasteiger partial charge in [0, 0.05) is 29.1 Å². The third-order valence-corrected chi connectivity index (χ3v) is 11.6. The number of hydrogen-bond acceptors (Lipinski definition) is 8. The third-order valence-electron chi connectivity index (χ3n) is 11.6. The minimum atomic E-state index is -1.13. The third kappa shape index (κ3) is 3.66. The zero-order chi connectivity index (χ0) is 28.4. The van der Waals surface area contributed by atoms with Crippen LogP contribution in [0.15, 0.2) is 33.3 Å². The van der Waals surface area contributed by atoms with E-state index in [4.69, 9.17) is 18.8 Å². The highest BCUT2D eigenvalue weighted by Crippen LogP contribution is 2.70. The molecule has 220 valence electrons. The van der Waals surface area contributed by atoms with Gasteiger partial charge in [0.1, 0.15) is 5.67 Å². The molecule has 7 aliphatic carbocycles. The lowest BCUT2D eigenvalue weighted by molar-refractivity contribution is -0.211. The molecule has 11 rings (SSSR count). The van der Waals surface area contributed by atoms with Crippen molar-refractivity contribution in [3.05, 3.63) is 41.8 Å². The molecular weight excluding hydrogens is 537 g/mol. The van der Waals surface area contributed by atoms with Crippen LogP contribution in [-0.2, 0) is 20.4 Å². The van der Waals surface area contributed by atoms with Crippen molar-refractivity contribution in [2.24, 2.45) is 10.8 Å². The summed E-state index contributed by atoms with van der Waals surface area (Å²) in [5.41, 5.74) is -0.278. The van der Waals surface area contributed by atoms with Crippen molar-refractivity contribution in [2.75, 3.05) is 24.7 Å². The number of carbonyl (C=O) groups is 1. The number of rotatable bonds is 8. The summed E-state index contributed by atoms with van der Waals surface area (Å²) in [6.07, 6.45) is 9.18. The number of benzene rings is 1. The van der Waals surface area contributed by atoms with Crippen LogP contribution in [0.1, 0.15) is 101 Å². The van der Waals surface area contributed by atoms with Gasteiger partial charge in [-0.1, -0.05) is 16.4 Å². The largest absolute Gasteiger partial charge is 0.379 e. The van der Waals surface area contributed by atoms with E-state index >= 15 is 0 Å². The predicted octanol–water partition coefficient (Wildman–Crippen LogP) is 5.80. The van der Waals surface area contributed by atoms with E-state index < -0.39 is 11.1 Å². The van der Waals surface area contributed by atoms with E-state index in [1.54, 1.807) is 0 Å². The standard InChI is InChI=1S/C32H36FN5O4/c1-28(18-40-19-28)26-35-25(37-42-26)30-10-7-29(8-11-30,9-12-30)17-38(27(39)31-14-32(33,15-31)16-31)22-4-2-3-21(13-22)24-34-23(36-41-24)20-5-6-20/h2-4,13,20H,5-12,14-19H2,1H3. The highest BCUT2D eigenvalue weighted by Gasteiger charge is 2.73. The number of carbonyl (C=O) groups excluding carboxylic acids is 1. The Kier molecular flexibility index (Phi) is 5.00. The Morgan fingerprint density at radius 3 is 2.38 bits per heavy atom. The fraction of sp³-hybridized carbons (Fsp3) is 0.656. The van der Waals surface area contributed by atoms with Crippen molar-refractivity contribution in [1.82, 2.24) is 20.3 Å². The lowest BCUT2D eigenvalue weighted by Gasteiger charge is -2.65. The molecule has 3 aromatic rings. The molecule has 1 aliphatic heterocycles. The van der Waals surface area contributed by atoms with Gasteiger partial charge in [-0.15, -0.1) is 0 Å². The first kappa shape index (κ1) is 25.4. The molecule has 1 amide bonds. The molecule has 0 atom stereocenters. The maximum Gasteiger partial charge on any atom is 0.258 e. The lowest BCUT2D eigenvalue weighted by atomic mass is 9.41. The highest BCUT2D eigenvalue weighted by molar-refractivity contribution is 6.00. The number of anilines is 1. The molecular formula is C32H36FN5O4. The van der Waals surface area contributed by atoms with E-state index in [2.05, 4.69) is 22.2 Å². The minimum Gasteiger partial charge on any atom is -0.379 e. The van der Waals surface area contributed by atoms with Crippen LogP contribution in [-0.4, -0.2) is 51.6 Å². The normalized spacial score (nSPS) is 35.7. The SMILES string of the molecule is CC1(c2nc(C34CCC(CN(C(=O)C56CC(F)(C5)C6)c5cccc(-c6nc(C7CC7)no6)c5)(CC3)CC4)no2)COC1. The zero-order valence-electron chi connectivity index (χ0n) is 24.0. The van der Waals surface area contributed by atoms with Crippen LogP contribution in [0.3, 0.4) is 0 Å². The number of ether oxygens (including phenoxy) is 1. The van der Waals surface area contributed by atoms with Gasteiger partial charge in [-0.05, 0) is 101 Å². The molecule has 0 radical (unpaired) electrons. The smallest absolute Gasteiger partial charge is 0.258 e. The Hall–Kier alpha value is -3.14. The summed E-state index contributed by atoms with van der Waals surface area (Å²) in [5.74, 6) is 3.25. The van der Waals surface area contributed by atoms with Gasteiger partial charge in [0.25, 0.3) is 5.89 Å². The molecule has 2 aromatic heterocycles. The number of amides is 1. The van der Waals surface area contributed by atoms with Gasteiger partial charge in [0.05, 0.1) is 24.0 Å². The van der Waals surface area contributed by atoms with Crippen molar-refractivity contribution < 1.29 is 23.0 Å². The van der Waals surface area contributed by atoms with Gasteiger partial charge < -0.3 is 18.7 Å². The van der Waals surface area contributed by atoms with E-state index in [1.807, 2.05) is 29.2 Å². The Balaban J connectivity index is 0.984. The molecule has 10 heteroatoms. The first-order valence-corrected chi connectivity index (χ1v) is 15.6. The van der Waals surface area contributed by atoms with Crippen LogP contribution in [0.5, 0.6) is 0 Å². The summed E-state index contributed by atoms with van der Waals surface area (Å²) in [4.78, 5) is 25.7. The molecule has 3 heterocycles. The van der Waals surface area contributed by atoms with Crippen LogP contribution < -0.4 is 4.90 Å². The van der Waals surface area contributed by atoms with Crippen LogP contribution in [0, 0.1) is 10.8 Å². The Bertz CT molecular complexity index is 1540. The molecule has 9 nitrogen and oxygen atoms in total. The van der Waals surface area contributed by atoms with E-state index in [-0.39, 0.29) is 22.2 Å². The maximum atomic E-state index is 14.6. The van der Waals surface area contributed by atoms with Crippen molar-refractivity contribution >= 4 is 11.6 Å². The Labute approximate surface area is 243 Å². The minimum absolute atomic E-state index is 0.00827. The summed E-state index contributed by atoms with van der Waals surface area (Å²) in [6, 6.07) is 7.90. The highest BCUT2D eigenvalue weighted by atomic mass is 19.1. The second-order valence-electron chi connectivity index (χ2n) is 14.9. The number of nitrogens with zero attached hydrogens (tertiary/aromatic N) is 5. The van der Waals surface area contributed by atoms with E-state index in [9.17, 15) is 9.18 Å². The number of alkyl halides is 1. The second-order valence-corrected chi connectivity index (χ2v) is 14.9. The van der Waals surface area contributed by atoms with Gasteiger partial charge in [-0.3, -0.25) is 4.79 Å². The topological polar surface area (TPSA) is 107 Å². The van der Waals surface area contributed by atoms with Gasteiger partial charge in [0.2, 0.25) is 11.8 Å². The van der Waals surface area contributed by atoms with Gasteiger partial charge >= 0.3 is 0 Å². The van der Waals surface area contributed by atoms with E-state index in [1.165, 1.54) is 0 Å².